The first-order valence-electron chi connectivity index (χ1n) is 11.2. The van der Waals surface area contributed by atoms with Gasteiger partial charge in [0.2, 0.25) is 0 Å². The predicted octanol–water partition coefficient (Wildman–Crippen LogP) is 3.86. The zero-order valence-electron chi connectivity index (χ0n) is 20.1. The van der Waals surface area contributed by atoms with Gasteiger partial charge >= 0.3 is 0 Å². The van der Waals surface area contributed by atoms with E-state index in [9.17, 15) is 0 Å². The van der Waals surface area contributed by atoms with E-state index in [0.717, 1.165) is 48.4 Å². The van der Waals surface area contributed by atoms with Crippen LogP contribution in [-0.2, 0) is 6.42 Å². The van der Waals surface area contributed by atoms with Crippen LogP contribution in [0.5, 0.6) is 17.2 Å². The smallest absolute Gasteiger partial charge is 0.191 e. The summed E-state index contributed by atoms with van der Waals surface area (Å²) in [4.78, 5) is 6.89. The molecular formula is C24H37IN4O4. The number of hydrogen-bond acceptors (Lipinski definition) is 6. The van der Waals surface area contributed by atoms with Crippen molar-refractivity contribution in [2.75, 3.05) is 54.6 Å². The van der Waals surface area contributed by atoms with Crippen molar-refractivity contribution in [2.24, 2.45) is 4.99 Å². The van der Waals surface area contributed by atoms with Crippen molar-refractivity contribution in [2.45, 2.75) is 31.7 Å². The molecule has 33 heavy (non-hydrogen) atoms. The third-order valence-corrected chi connectivity index (χ3v) is 5.87. The van der Waals surface area contributed by atoms with Crippen LogP contribution in [0.2, 0.25) is 0 Å². The summed E-state index contributed by atoms with van der Waals surface area (Å²) in [7, 11) is 6.72. The maximum Gasteiger partial charge on any atom is 0.191 e. The molecule has 3 rings (SSSR count). The van der Waals surface area contributed by atoms with E-state index in [-0.39, 0.29) is 30.0 Å². The Morgan fingerprint density at radius 2 is 1.76 bits per heavy atom. The molecule has 2 heterocycles. The van der Waals surface area contributed by atoms with Crippen molar-refractivity contribution >= 4 is 29.9 Å². The molecule has 1 aromatic heterocycles. The lowest BCUT2D eigenvalue weighted by molar-refractivity contribution is 0.146. The number of halogens is 1. The Bertz CT molecular complexity index is 829. The van der Waals surface area contributed by atoms with Crippen LogP contribution in [0.25, 0.3) is 0 Å². The maximum absolute atomic E-state index is 5.74. The number of nitrogens with zero attached hydrogens (tertiary/aromatic N) is 2. The highest BCUT2D eigenvalue weighted by Gasteiger charge is 2.24. The highest BCUT2D eigenvalue weighted by molar-refractivity contribution is 14.0. The van der Waals surface area contributed by atoms with Crippen LogP contribution in [-0.4, -0.2) is 65.4 Å². The standard InChI is InChI=1S/C24H36N4O4.HI/c1-25-24(26-11-10-19-22(30-3)15-18(29-2)16-23(19)31-4)27-17-20(21-9-8-14-32-21)28-12-6-5-7-13-28;/h8-9,14-16,20H,5-7,10-13,17H2,1-4H3,(H2,25,26,27);1H. The van der Waals surface area contributed by atoms with E-state index in [0.29, 0.717) is 18.7 Å². The lowest BCUT2D eigenvalue weighted by Gasteiger charge is -2.33. The molecule has 0 saturated carbocycles. The summed E-state index contributed by atoms with van der Waals surface area (Å²) < 4.78 is 22.2. The molecule has 1 aliphatic rings. The molecule has 0 radical (unpaired) electrons. The topological polar surface area (TPSA) is 80.5 Å². The number of hydrogen-bond donors (Lipinski definition) is 2. The Labute approximate surface area is 214 Å². The molecule has 1 unspecified atom stereocenters. The number of nitrogens with one attached hydrogen (secondary N) is 2. The van der Waals surface area contributed by atoms with Gasteiger partial charge in [-0.3, -0.25) is 9.89 Å². The first-order chi connectivity index (χ1) is 15.7. The lowest BCUT2D eigenvalue weighted by atomic mass is 10.1. The first kappa shape index (κ1) is 27.1. The quantitative estimate of drug-likeness (QED) is 0.254. The normalized spacial score (nSPS) is 15.3. The summed E-state index contributed by atoms with van der Waals surface area (Å²) in [6.45, 7) is 3.59. The zero-order valence-corrected chi connectivity index (χ0v) is 22.4. The van der Waals surface area contributed by atoms with Crippen LogP contribution in [0.4, 0.5) is 0 Å². The fraction of sp³-hybridized carbons (Fsp3) is 0.542. The molecule has 1 aliphatic heterocycles. The molecule has 0 bridgehead atoms. The summed E-state index contributed by atoms with van der Waals surface area (Å²) in [5.74, 6) is 3.94. The van der Waals surface area contributed by atoms with Gasteiger partial charge in [0, 0.05) is 37.8 Å². The van der Waals surface area contributed by atoms with Gasteiger partial charge in [0.1, 0.15) is 23.0 Å². The number of piperidine rings is 1. The Hall–Kier alpha value is -2.14. The molecule has 9 heteroatoms. The molecule has 0 amide bonds. The Morgan fingerprint density at radius 1 is 1.06 bits per heavy atom. The zero-order chi connectivity index (χ0) is 22.8. The van der Waals surface area contributed by atoms with Crippen molar-refractivity contribution < 1.29 is 18.6 Å². The largest absolute Gasteiger partial charge is 0.496 e. The second-order valence-electron chi connectivity index (χ2n) is 7.77. The third kappa shape index (κ3) is 7.43. The van der Waals surface area contributed by atoms with Crippen LogP contribution < -0.4 is 24.8 Å². The number of aliphatic imine (C=N–C) groups is 1. The minimum atomic E-state index is 0. The van der Waals surface area contributed by atoms with Gasteiger partial charge in [-0.2, -0.15) is 0 Å². The van der Waals surface area contributed by atoms with Crippen LogP contribution in [0.1, 0.15) is 36.6 Å². The molecule has 2 aromatic rings. The van der Waals surface area contributed by atoms with Gasteiger partial charge in [-0.25, -0.2) is 0 Å². The second kappa shape index (κ2) is 14.2. The van der Waals surface area contributed by atoms with Gasteiger partial charge in [-0.1, -0.05) is 6.42 Å². The molecule has 0 aliphatic carbocycles. The van der Waals surface area contributed by atoms with E-state index in [2.05, 4.69) is 26.6 Å². The van der Waals surface area contributed by atoms with Crippen LogP contribution in [0, 0.1) is 0 Å². The van der Waals surface area contributed by atoms with Crippen LogP contribution in [0.3, 0.4) is 0 Å². The van der Waals surface area contributed by atoms with E-state index in [1.807, 2.05) is 18.2 Å². The second-order valence-corrected chi connectivity index (χ2v) is 7.77. The number of methoxy groups -OCH3 is 3. The van der Waals surface area contributed by atoms with Crippen molar-refractivity contribution in [3.63, 3.8) is 0 Å². The molecule has 8 nitrogen and oxygen atoms in total. The van der Waals surface area contributed by atoms with Crippen molar-refractivity contribution in [1.29, 1.82) is 0 Å². The number of ether oxygens (including phenoxy) is 3. The fourth-order valence-electron chi connectivity index (χ4n) is 4.16. The highest BCUT2D eigenvalue weighted by atomic mass is 127. The Morgan fingerprint density at radius 3 is 2.30 bits per heavy atom. The average molecular weight is 572 g/mol. The first-order valence-corrected chi connectivity index (χ1v) is 11.2. The summed E-state index contributed by atoms with van der Waals surface area (Å²) in [6, 6.07) is 7.94. The van der Waals surface area contributed by atoms with E-state index >= 15 is 0 Å². The summed E-state index contributed by atoms with van der Waals surface area (Å²) >= 11 is 0. The molecule has 184 valence electrons. The van der Waals surface area contributed by atoms with Crippen molar-refractivity contribution in [1.82, 2.24) is 15.5 Å². The number of benzene rings is 1. The van der Waals surface area contributed by atoms with E-state index in [1.165, 1.54) is 19.3 Å². The lowest BCUT2D eigenvalue weighted by Crippen LogP contribution is -2.44. The van der Waals surface area contributed by atoms with Gasteiger partial charge in [0.25, 0.3) is 0 Å². The number of likely N-dealkylation sites (tertiary alicyclic amines) is 1. The van der Waals surface area contributed by atoms with Crippen molar-refractivity contribution in [3.8, 4) is 17.2 Å². The Kier molecular flexibility index (Phi) is 11.7. The highest BCUT2D eigenvalue weighted by Crippen LogP contribution is 2.34. The minimum Gasteiger partial charge on any atom is -0.496 e. The average Bonchev–Trinajstić information content (AvgIpc) is 3.38. The van der Waals surface area contributed by atoms with E-state index in [1.54, 1.807) is 34.6 Å². The predicted molar refractivity (Wildman–Crippen MR) is 141 cm³/mol. The summed E-state index contributed by atoms with van der Waals surface area (Å²) in [5.41, 5.74) is 0.987. The van der Waals surface area contributed by atoms with Crippen LogP contribution >= 0.6 is 24.0 Å². The monoisotopic (exact) mass is 572 g/mol. The van der Waals surface area contributed by atoms with Crippen molar-refractivity contribution in [3.05, 3.63) is 41.9 Å². The van der Waals surface area contributed by atoms with Gasteiger partial charge in [-0.15, -0.1) is 24.0 Å². The van der Waals surface area contributed by atoms with Gasteiger partial charge in [-0.05, 0) is 44.5 Å². The fourth-order valence-corrected chi connectivity index (χ4v) is 4.16. The van der Waals surface area contributed by atoms with Gasteiger partial charge in [0.05, 0.1) is 33.6 Å². The van der Waals surface area contributed by atoms with Crippen LogP contribution in [0.15, 0.2) is 39.9 Å². The molecule has 1 aromatic carbocycles. The maximum atomic E-state index is 5.74. The van der Waals surface area contributed by atoms with E-state index < -0.39 is 0 Å². The van der Waals surface area contributed by atoms with E-state index in [4.69, 9.17) is 18.6 Å². The molecular weight excluding hydrogens is 535 g/mol. The summed E-state index contributed by atoms with van der Waals surface area (Å²) in [5, 5.41) is 6.87. The Balaban J connectivity index is 0.00000385. The number of rotatable bonds is 10. The van der Waals surface area contributed by atoms with Gasteiger partial charge in [0.15, 0.2) is 5.96 Å². The molecule has 1 fully saturated rings. The molecule has 1 saturated heterocycles. The molecule has 0 spiro atoms. The number of furan rings is 1. The van der Waals surface area contributed by atoms with Gasteiger partial charge < -0.3 is 29.3 Å². The summed E-state index contributed by atoms with van der Waals surface area (Å²) in [6.07, 6.45) is 6.22. The minimum absolute atomic E-state index is 0. The number of guanidine groups is 1. The SMILES string of the molecule is CN=C(NCCc1c(OC)cc(OC)cc1OC)NCC(c1ccco1)N1CCCCC1.I. The molecule has 1 atom stereocenters. The molecule has 2 N–H and O–H groups in total. The third-order valence-electron chi connectivity index (χ3n) is 5.87.